The molecule has 0 aromatic heterocycles. The van der Waals surface area contributed by atoms with Gasteiger partial charge in [-0.25, -0.2) is 0 Å². The zero-order valence-corrected chi connectivity index (χ0v) is 25.6. The fourth-order valence-corrected chi connectivity index (χ4v) is 8.97. The van der Waals surface area contributed by atoms with E-state index in [1.54, 1.807) is 7.11 Å². The van der Waals surface area contributed by atoms with Crippen LogP contribution in [0.2, 0.25) is 0 Å². The third kappa shape index (κ3) is 4.91. The molecule has 0 bridgehead atoms. The SMILES string of the molecule is COc1c(C)cc(-c2ccc3ccccc3c2-c2c(P(c3ccccc3)c3ccccc3)ccc3ccccc23)cc1C. The summed E-state index contributed by atoms with van der Waals surface area (Å²) in [5.74, 6) is 0.952. The van der Waals surface area contributed by atoms with Gasteiger partial charge in [-0.3, -0.25) is 0 Å². The smallest absolute Gasteiger partial charge is 0.124 e. The lowest BCUT2D eigenvalue weighted by atomic mass is 9.86. The predicted molar refractivity (Wildman–Crippen MR) is 187 cm³/mol. The number of hydrogen-bond donors (Lipinski definition) is 0. The minimum atomic E-state index is -0.841. The Hall–Kier alpha value is -4.71. The number of fused-ring (bicyclic) bond motifs is 2. The summed E-state index contributed by atoms with van der Waals surface area (Å²) in [6, 6.07) is 53.6. The van der Waals surface area contributed by atoms with Crippen LogP contribution >= 0.6 is 7.92 Å². The van der Waals surface area contributed by atoms with E-state index in [0.29, 0.717) is 0 Å². The molecule has 7 aromatic rings. The van der Waals surface area contributed by atoms with Gasteiger partial charge in [-0.2, -0.15) is 0 Å². The van der Waals surface area contributed by atoms with E-state index in [9.17, 15) is 0 Å². The summed E-state index contributed by atoms with van der Waals surface area (Å²) in [7, 11) is 0.918. The summed E-state index contributed by atoms with van der Waals surface area (Å²) in [6.45, 7) is 4.28. The van der Waals surface area contributed by atoms with Crippen molar-refractivity contribution in [2.45, 2.75) is 13.8 Å². The number of methoxy groups -OCH3 is 1. The summed E-state index contributed by atoms with van der Waals surface area (Å²) < 4.78 is 5.76. The van der Waals surface area contributed by atoms with Crippen LogP contribution in [0.5, 0.6) is 5.75 Å². The third-order valence-electron chi connectivity index (χ3n) is 8.33. The second kappa shape index (κ2) is 11.5. The standard InChI is InChI=1S/C41H33OP/c1-28-26-32(27-29(2)41(28)42-3)37-24-22-30-14-10-12-20-35(30)39(37)40-36-21-13-11-15-31(36)23-25-38(40)43(33-16-6-4-7-17-33)34-18-8-5-9-19-34/h4-27H,1-3H3. The van der Waals surface area contributed by atoms with E-state index in [0.717, 1.165) is 16.9 Å². The zero-order chi connectivity index (χ0) is 29.3. The molecule has 0 N–H and O–H groups in total. The molecule has 7 rings (SSSR count). The Balaban J connectivity index is 1.64. The fourth-order valence-electron chi connectivity index (χ4n) is 6.50. The molecule has 0 saturated heterocycles. The van der Waals surface area contributed by atoms with E-state index in [4.69, 9.17) is 4.74 Å². The fraction of sp³-hybridized carbons (Fsp3) is 0.0732. The van der Waals surface area contributed by atoms with Crippen molar-refractivity contribution in [3.05, 3.63) is 157 Å². The van der Waals surface area contributed by atoms with E-state index in [2.05, 4.69) is 159 Å². The van der Waals surface area contributed by atoms with Crippen molar-refractivity contribution in [1.29, 1.82) is 0 Å². The van der Waals surface area contributed by atoms with Gasteiger partial charge in [0.05, 0.1) is 7.11 Å². The molecule has 0 heterocycles. The summed E-state index contributed by atoms with van der Waals surface area (Å²) in [4.78, 5) is 0. The lowest BCUT2D eigenvalue weighted by molar-refractivity contribution is 0.408. The molecule has 43 heavy (non-hydrogen) atoms. The van der Waals surface area contributed by atoms with Gasteiger partial charge in [-0.05, 0) is 105 Å². The zero-order valence-electron chi connectivity index (χ0n) is 24.7. The molecule has 0 saturated carbocycles. The van der Waals surface area contributed by atoms with E-state index in [1.807, 2.05) is 0 Å². The van der Waals surface area contributed by atoms with Gasteiger partial charge < -0.3 is 4.74 Å². The lowest BCUT2D eigenvalue weighted by Crippen LogP contribution is -2.22. The molecule has 0 aliphatic rings. The van der Waals surface area contributed by atoms with Gasteiger partial charge in [0.2, 0.25) is 0 Å². The molecule has 7 aromatic carbocycles. The molecule has 2 heteroatoms. The van der Waals surface area contributed by atoms with Crippen LogP contribution < -0.4 is 20.7 Å². The lowest BCUT2D eigenvalue weighted by Gasteiger charge is -2.26. The van der Waals surface area contributed by atoms with Crippen LogP contribution in [0.25, 0.3) is 43.8 Å². The maximum atomic E-state index is 5.76. The van der Waals surface area contributed by atoms with Crippen LogP contribution in [0.3, 0.4) is 0 Å². The van der Waals surface area contributed by atoms with Crippen LogP contribution in [0, 0.1) is 13.8 Å². The van der Waals surface area contributed by atoms with Crippen molar-refractivity contribution < 1.29 is 4.74 Å². The highest BCUT2D eigenvalue weighted by molar-refractivity contribution is 7.80. The van der Waals surface area contributed by atoms with Crippen molar-refractivity contribution in [2.75, 3.05) is 7.11 Å². The molecular formula is C41H33OP. The van der Waals surface area contributed by atoms with Crippen LogP contribution in [0.4, 0.5) is 0 Å². The van der Waals surface area contributed by atoms with Gasteiger partial charge in [0.15, 0.2) is 0 Å². The monoisotopic (exact) mass is 572 g/mol. The minimum Gasteiger partial charge on any atom is -0.496 e. The molecule has 0 spiro atoms. The Morgan fingerprint density at radius 1 is 0.488 bits per heavy atom. The highest BCUT2D eigenvalue weighted by atomic mass is 31.1. The second-order valence-corrected chi connectivity index (χ2v) is 13.2. The summed E-state index contributed by atoms with van der Waals surface area (Å²) in [5.41, 5.74) is 7.33. The Bertz CT molecular complexity index is 2020. The quantitative estimate of drug-likeness (QED) is 0.180. The molecule has 208 valence electrons. The van der Waals surface area contributed by atoms with Crippen molar-refractivity contribution in [2.24, 2.45) is 0 Å². The average Bonchev–Trinajstić information content (AvgIpc) is 3.05. The first-order valence-corrected chi connectivity index (χ1v) is 16.1. The minimum absolute atomic E-state index is 0.841. The van der Waals surface area contributed by atoms with Crippen molar-refractivity contribution >= 4 is 45.4 Å². The first-order valence-electron chi connectivity index (χ1n) is 14.7. The highest BCUT2D eigenvalue weighted by Gasteiger charge is 2.25. The van der Waals surface area contributed by atoms with Gasteiger partial charge >= 0.3 is 0 Å². The Labute approximate surface area is 255 Å². The van der Waals surface area contributed by atoms with E-state index >= 15 is 0 Å². The molecule has 0 atom stereocenters. The molecule has 0 radical (unpaired) electrons. The van der Waals surface area contributed by atoms with E-state index in [1.165, 1.54) is 59.7 Å². The van der Waals surface area contributed by atoms with Crippen LogP contribution in [0.15, 0.2) is 146 Å². The summed E-state index contributed by atoms with van der Waals surface area (Å²) in [6.07, 6.45) is 0. The van der Waals surface area contributed by atoms with Crippen LogP contribution in [-0.4, -0.2) is 7.11 Å². The maximum Gasteiger partial charge on any atom is 0.124 e. The van der Waals surface area contributed by atoms with Gasteiger partial charge in [-0.1, -0.05) is 133 Å². The summed E-state index contributed by atoms with van der Waals surface area (Å²) >= 11 is 0. The normalized spacial score (nSPS) is 11.3. The number of hydrogen-bond acceptors (Lipinski definition) is 1. The second-order valence-electron chi connectivity index (χ2n) is 11.0. The Morgan fingerprint density at radius 3 is 1.53 bits per heavy atom. The van der Waals surface area contributed by atoms with Crippen molar-refractivity contribution in [3.8, 4) is 28.0 Å². The van der Waals surface area contributed by atoms with E-state index < -0.39 is 7.92 Å². The van der Waals surface area contributed by atoms with E-state index in [-0.39, 0.29) is 0 Å². The maximum absolute atomic E-state index is 5.76. The summed E-state index contributed by atoms with van der Waals surface area (Å²) in [5, 5.41) is 9.09. The molecule has 0 unspecified atom stereocenters. The molecule has 0 amide bonds. The van der Waals surface area contributed by atoms with Crippen LogP contribution in [0.1, 0.15) is 11.1 Å². The van der Waals surface area contributed by atoms with Gasteiger partial charge in [0.25, 0.3) is 0 Å². The molecule has 1 nitrogen and oxygen atoms in total. The van der Waals surface area contributed by atoms with Crippen molar-refractivity contribution in [3.63, 3.8) is 0 Å². The number of ether oxygens (including phenoxy) is 1. The molecular weight excluding hydrogens is 539 g/mol. The Kier molecular flexibility index (Phi) is 7.27. The number of rotatable bonds is 6. The molecule has 0 fully saturated rings. The number of aryl methyl sites for hydroxylation is 2. The van der Waals surface area contributed by atoms with Gasteiger partial charge in [-0.15, -0.1) is 0 Å². The van der Waals surface area contributed by atoms with Gasteiger partial charge in [0.1, 0.15) is 5.75 Å². The average molecular weight is 573 g/mol. The first-order chi connectivity index (χ1) is 21.1. The molecule has 0 aliphatic heterocycles. The van der Waals surface area contributed by atoms with Crippen molar-refractivity contribution in [1.82, 2.24) is 0 Å². The highest BCUT2D eigenvalue weighted by Crippen LogP contribution is 2.46. The number of benzene rings is 7. The Morgan fingerprint density at radius 2 is 0.977 bits per heavy atom. The topological polar surface area (TPSA) is 9.23 Å². The predicted octanol–water partition coefficient (Wildman–Crippen LogP) is 9.71. The van der Waals surface area contributed by atoms with Crippen LogP contribution in [-0.2, 0) is 0 Å². The molecule has 0 aliphatic carbocycles. The third-order valence-corrected chi connectivity index (χ3v) is 10.8. The largest absolute Gasteiger partial charge is 0.496 e. The first kappa shape index (κ1) is 27.1. The van der Waals surface area contributed by atoms with Gasteiger partial charge in [0, 0.05) is 0 Å².